The molecule has 1 aromatic heterocycles. The molecular weight excluding hydrogens is 205 g/mol. The molecule has 1 N–H and O–H groups in total. The van der Waals surface area contributed by atoms with Gasteiger partial charge in [0.2, 0.25) is 0 Å². The molecule has 0 bridgehead atoms. The normalized spacial score (nSPS) is 16.1. The van der Waals surface area contributed by atoms with E-state index in [0.29, 0.717) is 0 Å². The van der Waals surface area contributed by atoms with Crippen LogP contribution in [-0.2, 0) is 5.54 Å². The second-order valence-electron chi connectivity index (χ2n) is 3.37. The molecule has 0 saturated carbocycles. The SMILES string of the molecule is CCNC(C)(c1ccccn1)C(F)(F)F. The molecule has 15 heavy (non-hydrogen) atoms. The van der Waals surface area contributed by atoms with Gasteiger partial charge in [-0.2, -0.15) is 13.2 Å². The van der Waals surface area contributed by atoms with E-state index >= 15 is 0 Å². The van der Waals surface area contributed by atoms with Crippen molar-refractivity contribution in [3.05, 3.63) is 30.1 Å². The Bertz CT molecular complexity index is 310. The molecule has 1 unspecified atom stereocenters. The fourth-order valence-electron chi connectivity index (χ4n) is 1.35. The highest BCUT2D eigenvalue weighted by molar-refractivity contribution is 5.17. The average Bonchev–Trinajstić information content (AvgIpc) is 2.18. The molecule has 0 aromatic carbocycles. The molecule has 1 atom stereocenters. The van der Waals surface area contributed by atoms with Crippen molar-refractivity contribution in [2.45, 2.75) is 25.6 Å². The molecule has 1 heterocycles. The van der Waals surface area contributed by atoms with E-state index in [1.165, 1.54) is 12.3 Å². The first-order valence-corrected chi connectivity index (χ1v) is 4.65. The summed E-state index contributed by atoms with van der Waals surface area (Å²) < 4.78 is 38.6. The van der Waals surface area contributed by atoms with Crippen molar-refractivity contribution in [2.24, 2.45) is 0 Å². The van der Waals surface area contributed by atoms with Gasteiger partial charge in [-0.1, -0.05) is 13.0 Å². The molecule has 0 aliphatic carbocycles. The number of pyridine rings is 1. The molecule has 0 aliphatic rings. The minimum Gasteiger partial charge on any atom is -0.299 e. The van der Waals surface area contributed by atoms with E-state index in [1.807, 2.05) is 0 Å². The largest absolute Gasteiger partial charge is 0.412 e. The van der Waals surface area contributed by atoms with Crippen LogP contribution in [0.1, 0.15) is 19.5 Å². The molecule has 0 radical (unpaired) electrons. The van der Waals surface area contributed by atoms with E-state index in [2.05, 4.69) is 10.3 Å². The fraction of sp³-hybridized carbons (Fsp3) is 0.500. The maximum Gasteiger partial charge on any atom is 0.412 e. The summed E-state index contributed by atoms with van der Waals surface area (Å²) in [5, 5.41) is 2.43. The third kappa shape index (κ3) is 2.28. The standard InChI is InChI=1S/C10H13F3N2/c1-3-15-9(2,10(11,12)13)8-6-4-5-7-14-8/h4-7,15H,3H2,1-2H3. The van der Waals surface area contributed by atoms with Gasteiger partial charge in [-0.05, 0) is 25.6 Å². The first kappa shape index (κ1) is 12.0. The van der Waals surface area contributed by atoms with Crippen LogP contribution in [-0.4, -0.2) is 17.7 Å². The molecule has 0 amide bonds. The Kier molecular flexibility index (Phi) is 3.34. The maximum absolute atomic E-state index is 12.9. The number of aromatic nitrogens is 1. The van der Waals surface area contributed by atoms with Gasteiger partial charge in [-0.25, -0.2) is 0 Å². The fourth-order valence-corrected chi connectivity index (χ4v) is 1.35. The van der Waals surface area contributed by atoms with Crippen molar-refractivity contribution in [1.82, 2.24) is 10.3 Å². The minimum atomic E-state index is -4.36. The lowest BCUT2D eigenvalue weighted by molar-refractivity contribution is -0.196. The van der Waals surface area contributed by atoms with E-state index in [4.69, 9.17) is 0 Å². The van der Waals surface area contributed by atoms with Crippen molar-refractivity contribution >= 4 is 0 Å². The summed E-state index contributed by atoms with van der Waals surface area (Å²) in [5.74, 6) is 0. The maximum atomic E-state index is 12.9. The van der Waals surface area contributed by atoms with Gasteiger partial charge in [0.25, 0.3) is 0 Å². The van der Waals surface area contributed by atoms with Crippen molar-refractivity contribution in [3.63, 3.8) is 0 Å². The van der Waals surface area contributed by atoms with Crippen molar-refractivity contribution in [2.75, 3.05) is 6.54 Å². The zero-order valence-electron chi connectivity index (χ0n) is 8.60. The van der Waals surface area contributed by atoms with Gasteiger partial charge in [0.15, 0.2) is 5.54 Å². The van der Waals surface area contributed by atoms with Gasteiger partial charge in [0.05, 0.1) is 5.69 Å². The van der Waals surface area contributed by atoms with Gasteiger partial charge in [0, 0.05) is 6.20 Å². The summed E-state index contributed by atoms with van der Waals surface area (Å²) in [6.07, 6.45) is -3.01. The Labute approximate surface area is 86.5 Å². The number of nitrogens with one attached hydrogen (secondary N) is 1. The van der Waals surface area contributed by atoms with Crippen LogP contribution in [0.2, 0.25) is 0 Å². The molecule has 1 aromatic rings. The van der Waals surface area contributed by atoms with E-state index in [-0.39, 0.29) is 12.2 Å². The first-order valence-electron chi connectivity index (χ1n) is 4.65. The Hall–Kier alpha value is -1.10. The molecule has 5 heteroatoms. The second-order valence-corrected chi connectivity index (χ2v) is 3.37. The summed E-state index contributed by atoms with van der Waals surface area (Å²) in [4.78, 5) is 3.75. The topological polar surface area (TPSA) is 24.9 Å². The summed E-state index contributed by atoms with van der Waals surface area (Å²) in [6.45, 7) is 2.96. The summed E-state index contributed by atoms with van der Waals surface area (Å²) in [6, 6.07) is 4.51. The Morgan fingerprint density at radius 1 is 1.33 bits per heavy atom. The quantitative estimate of drug-likeness (QED) is 0.843. The van der Waals surface area contributed by atoms with Gasteiger partial charge >= 0.3 is 6.18 Å². The van der Waals surface area contributed by atoms with Crippen LogP contribution in [0, 0.1) is 0 Å². The van der Waals surface area contributed by atoms with Crippen LogP contribution in [0.4, 0.5) is 13.2 Å². The molecule has 0 saturated heterocycles. The molecule has 0 spiro atoms. The smallest absolute Gasteiger partial charge is 0.299 e. The number of nitrogens with zero attached hydrogens (tertiary/aromatic N) is 1. The van der Waals surface area contributed by atoms with E-state index < -0.39 is 11.7 Å². The number of halogens is 3. The van der Waals surface area contributed by atoms with Gasteiger partial charge in [-0.15, -0.1) is 0 Å². The van der Waals surface area contributed by atoms with E-state index in [9.17, 15) is 13.2 Å². The molecule has 2 nitrogen and oxygen atoms in total. The highest BCUT2D eigenvalue weighted by atomic mass is 19.4. The van der Waals surface area contributed by atoms with Crippen molar-refractivity contribution < 1.29 is 13.2 Å². The summed E-state index contributed by atoms with van der Waals surface area (Å²) in [7, 11) is 0. The summed E-state index contributed by atoms with van der Waals surface area (Å²) in [5.41, 5.74) is -2.09. The number of rotatable bonds is 3. The van der Waals surface area contributed by atoms with Crippen LogP contribution in [0.5, 0.6) is 0 Å². The number of hydrogen-bond donors (Lipinski definition) is 1. The lowest BCUT2D eigenvalue weighted by Crippen LogP contribution is -2.52. The van der Waals surface area contributed by atoms with Crippen LogP contribution < -0.4 is 5.32 Å². The van der Waals surface area contributed by atoms with Crippen molar-refractivity contribution in [1.29, 1.82) is 0 Å². The third-order valence-corrected chi connectivity index (χ3v) is 2.27. The predicted octanol–water partition coefficient (Wildman–Crippen LogP) is 2.47. The number of hydrogen-bond acceptors (Lipinski definition) is 2. The molecule has 1 rings (SSSR count). The highest BCUT2D eigenvalue weighted by Crippen LogP contribution is 2.37. The van der Waals surface area contributed by atoms with E-state index in [1.54, 1.807) is 19.1 Å². The lowest BCUT2D eigenvalue weighted by Gasteiger charge is -2.32. The van der Waals surface area contributed by atoms with Crippen LogP contribution in [0.25, 0.3) is 0 Å². The monoisotopic (exact) mass is 218 g/mol. The predicted molar refractivity (Wildman–Crippen MR) is 51.3 cm³/mol. The average molecular weight is 218 g/mol. The van der Waals surface area contributed by atoms with Gasteiger partial charge < -0.3 is 0 Å². The Morgan fingerprint density at radius 2 is 2.00 bits per heavy atom. The molecular formula is C10H13F3N2. The van der Waals surface area contributed by atoms with Gasteiger partial charge in [0.1, 0.15) is 0 Å². The lowest BCUT2D eigenvalue weighted by atomic mass is 9.96. The van der Waals surface area contributed by atoms with Crippen LogP contribution in [0.3, 0.4) is 0 Å². The second kappa shape index (κ2) is 4.18. The zero-order chi connectivity index (χ0) is 11.5. The zero-order valence-corrected chi connectivity index (χ0v) is 8.60. The third-order valence-electron chi connectivity index (χ3n) is 2.27. The Morgan fingerprint density at radius 3 is 2.40 bits per heavy atom. The summed E-state index contributed by atoms with van der Waals surface area (Å²) >= 11 is 0. The van der Waals surface area contributed by atoms with Crippen LogP contribution >= 0.6 is 0 Å². The van der Waals surface area contributed by atoms with Crippen LogP contribution in [0.15, 0.2) is 24.4 Å². The van der Waals surface area contributed by atoms with E-state index in [0.717, 1.165) is 6.92 Å². The molecule has 0 fully saturated rings. The minimum absolute atomic E-state index is 0.0145. The Balaban J connectivity index is 3.13. The molecule has 84 valence electrons. The molecule has 0 aliphatic heterocycles. The van der Waals surface area contributed by atoms with Crippen molar-refractivity contribution in [3.8, 4) is 0 Å². The number of alkyl halides is 3. The highest BCUT2D eigenvalue weighted by Gasteiger charge is 2.52. The van der Waals surface area contributed by atoms with Gasteiger partial charge in [-0.3, -0.25) is 10.3 Å². The first-order chi connectivity index (χ1) is 6.92.